The first kappa shape index (κ1) is 22.2. The summed E-state index contributed by atoms with van der Waals surface area (Å²) in [4.78, 5) is 30.3. The van der Waals surface area contributed by atoms with E-state index in [0.717, 1.165) is 61.3 Å². The number of amides is 2. The lowest BCUT2D eigenvalue weighted by Gasteiger charge is -2.36. The van der Waals surface area contributed by atoms with Crippen molar-refractivity contribution in [3.8, 4) is 0 Å². The van der Waals surface area contributed by atoms with E-state index in [1.165, 1.54) is 0 Å². The van der Waals surface area contributed by atoms with Crippen molar-refractivity contribution >= 4 is 23.2 Å². The Morgan fingerprint density at radius 2 is 1.29 bits per heavy atom. The van der Waals surface area contributed by atoms with E-state index < -0.39 is 5.41 Å². The van der Waals surface area contributed by atoms with Gasteiger partial charge in [0.05, 0.1) is 5.41 Å². The predicted octanol–water partition coefficient (Wildman–Crippen LogP) is 5.10. The molecule has 3 aromatic carbocycles. The number of nitrogens with zero attached hydrogens (tertiary/aromatic N) is 2. The van der Waals surface area contributed by atoms with Gasteiger partial charge < -0.3 is 15.1 Å². The van der Waals surface area contributed by atoms with Crippen LogP contribution in [0.5, 0.6) is 0 Å². The molecule has 1 aliphatic carbocycles. The molecule has 1 heterocycles. The number of carbonyl (C=O) groups excluding carboxylic acids is 2. The van der Waals surface area contributed by atoms with Gasteiger partial charge in [-0.15, -0.1) is 0 Å². The first-order valence-electron chi connectivity index (χ1n) is 12.2. The molecule has 2 fully saturated rings. The van der Waals surface area contributed by atoms with Crippen LogP contribution in [-0.4, -0.2) is 42.9 Å². The van der Waals surface area contributed by atoms with Crippen molar-refractivity contribution in [2.75, 3.05) is 36.4 Å². The molecule has 0 radical (unpaired) electrons. The van der Waals surface area contributed by atoms with Crippen LogP contribution in [0.4, 0.5) is 11.4 Å². The second-order valence-corrected chi connectivity index (χ2v) is 9.30. The van der Waals surface area contributed by atoms with Crippen molar-refractivity contribution in [3.05, 3.63) is 96.1 Å². The van der Waals surface area contributed by atoms with Gasteiger partial charge in [0.1, 0.15) is 0 Å². The molecule has 0 bridgehead atoms. The summed E-state index contributed by atoms with van der Waals surface area (Å²) in [6.07, 6.45) is 3.96. The normalized spacial score (nSPS) is 17.4. The third kappa shape index (κ3) is 4.43. The fourth-order valence-electron chi connectivity index (χ4n) is 5.32. The maximum absolute atomic E-state index is 13.4. The van der Waals surface area contributed by atoms with E-state index in [-0.39, 0.29) is 11.8 Å². The van der Waals surface area contributed by atoms with Crippen LogP contribution in [0, 0.1) is 0 Å². The molecular formula is C29H31N3O2. The molecule has 1 saturated heterocycles. The quantitative estimate of drug-likeness (QED) is 0.585. The molecular weight excluding hydrogens is 422 g/mol. The molecule has 3 aromatic rings. The zero-order chi connectivity index (χ0) is 23.4. The van der Waals surface area contributed by atoms with Crippen LogP contribution in [0.1, 0.15) is 41.6 Å². The lowest BCUT2D eigenvalue weighted by molar-refractivity contribution is -0.121. The largest absolute Gasteiger partial charge is 0.368 e. The summed E-state index contributed by atoms with van der Waals surface area (Å²) in [6.45, 7) is 2.99. The van der Waals surface area contributed by atoms with Crippen molar-refractivity contribution in [1.82, 2.24) is 4.90 Å². The van der Waals surface area contributed by atoms with E-state index in [1.54, 1.807) is 0 Å². The highest BCUT2D eigenvalue weighted by Gasteiger charge is 2.42. The molecule has 0 aromatic heterocycles. The average molecular weight is 454 g/mol. The lowest BCUT2D eigenvalue weighted by atomic mass is 9.78. The fourth-order valence-corrected chi connectivity index (χ4v) is 5.32. The van der Waals surface area contributed by atoms with Gasteiger partial charge in [-0.25, -0.2) is 0 Å². The van der Waals surface area contributed by atoms with Gasteiger partial charge in [0.15, 0.2) is 0 Å². The third-order valence-electron chi connectivity index (χ3n) is 7.30. The van der Waals surface area contributed by atoms with E-state index in [2.05, 4.69) is 34.5 Å². The van der Waals surface area contributed by atoms with Crippen LogP contribution < -0.4 is 10.2 Å². The molecule has 34 heavy (non-hydrogen) atoms. The standard InChI is InChI=1S/C29H31N3O2/c33-27(23-9-3-1-4-10-23)32-21-19-31(20-22-32)26-15-13-25(14-16-26)30-28(34)29(17-7-8-18-29)24-11-5-2-6-12-24/h1-6,9-16H,7-8,17-22H2,(H,30,34). The van der Waals surface area contributed by atoms with Gasteiger partial charge in [-0.2, -0.15) is 0 Å². The summed E-state index contributed by atoms with van der Waals surface area (Å²) in [5.74, 6) is 0.189. The van der Waals surface area contributed by atoms with Crippen molar-refractivity contribution in [3.63, 3.8) is 0 Å². The molecule has 5 rings (SSSR count). The molecule has 2 amide bonds. The summed E-state index contributed by atoms with van der Waals surface area (Å²) in [5, 5.41) is 3.18. The Kier molecular flexibility index (Phi) is 6.35. The Bertz CT molecular complexity index is 1120. The van der Waals surface area contributed by atoms with Crippen molar-refractivity contribution in [1.29, 1.82) is 0 Å². The van der Waals surface area contributed by atoms with Gasteiger partial charge in [0.25, 0.3) is 5.91 Å². The minimum Gasteiger partial charge on any atom is -0.368 e. The number of anilines is 2. The second-order valence-electron chi connectivity index (χ2n) is 9.30. The highest BCUT2D eigenvalue weighted by Crippen LogP contribution is 2.42. The number of carbonyl (C=O) groups is 2. The van der Waals surface area contributed by atoms with Gasteiger partial charge in [0, 0.05) is 43.1 Å². The third-order valence-corrected chi connectivity index (χ3v) is 7.30. The van der Waals surface area contributed by atoms with Crippen LogP contribution in [-0.2, 0) is 10.2 Å². The molecule has 1 N–H and O–H groups in total. The highest BCUT2D eigenvalue weighted by atomic mass is 16.2. The lowest BCUT2D eigenvalue weighted by Crippen LogP contribution is -2.48. The Hall–Kier alpha value is -3.60. The van der Waals surface area contributed by atoms with Gasteiger partial charge in [-0.05, 0) is 54.8 Å². The van der Waals surface area contributed by atoms with Gasteiger partial charge in [-0.3, -0.25) is 9.59 Å². The maximum Gasteiger partial charge on any atom is 0.253 e. The van der Waals surface area contributed by atoms with Gasteiger partial charge >= 0.3 is 0 Å². The van der Waals surface area contributed by atoms with E-state index in [0.29, 0.717) is 13.1 Å². The Morgan fingerprint density at radius 1 is 0.706 bits per heavy atom. The number of rotatable bonds is 5. The second kappa shape index (κ2) is 9.72. The predicted molar refractivity (Wildman–Crippen MR) is 136 cm³/mol. The molecule has 2 aliphatic rings. The van der Waals surface area contributed by atoms with Gasteiger partial charge in [0.2, 0.25) is 5.91 Å². The molecule has 1 aliphatic heterocycles. The topological polar surface area (TPSA) is 52.7 Å². The minimum absolute atomic E-state index is 0.0944. The van der Waals surface area contributed by atoms with E-state index in [9.17, 15) is 9.59 Å². The Balaban J connectivity index is 1.21. The van der Waals surface area contributed by atoms with Crippen LogP contribution >= 0.6 is 0 Å². The summed E-state index contributed by atoms with van der Waals surface area (Å²) in [5.41, 5.74) is 3.37. The number of benzene rings is 3. The number of hydrogen-bond acceptors (Lipinski definition) is 3. The zero-order valence-electron chi connectivity index (χ0n) is 19.5. The van der Waals surface area contributed by atoms with Crippen LogP contribution in [0.3, 0.4) is 0 Å². The highest BCUT2D eigenvalue weighted by molar-refractivity contribution is 5.99. The van der Waals surface area contributed by atoms with Crippen molar-refractivity contribution in [2.45, 2.75) is 31.1 Å². The molecule has 0 atom stereocenters. The monoisotopic (exact) mass is 453 g/mol. The van der Waals surface area contributed by atoms with Crippen LogP contribution in [0.2, 0.25) is 0 Å². The average Bonchev–Trinajstić information content (AvgIpc) is 3.41. The Labute approximate surface area is 201 Å². The number of hydrogen-bond donors (Lipinski definition) is 1. The van der Waals surface area contributed by atoms with E-state index in [1.807, 2.05) is 65.6 Å². The van der Waals surface area contributed by atoms with E-state index >= 15 is 0 Å². The summed E-state index contributed by atoms with van der Waals surface area (Å²) >= 11 is 0. The molecule has 0 spiro atoms. The first-order valence-corrected chi connectivity index (χ1v) is 12.2. The summed E-state index contributed by atoms with van der Waals surface area (Å²) in [6, 6.07) is 27.8. The van der Waals surface area contributed by atoms with Crippen molar-refractivity contribution < 1.29 is 9.59 Å². The van der Waals surface area contributed by atoms with Crippen molar-refractivity contribution in [2.24, 2.45) is 0 Å². The molecule has 1 saturated carbocycles. The number of nitrogens with one attached hydrogen (secondary N) is 1. The Morgan fingerprint density at radius 3 is 1.91 bits per heavy atom. The zero-order valence-corrected chi connectivity index (χ0v) is 19.5. The fraction of sp³-hybridized carbons (Fsp3) is 0.310. The molecule has 0 unspecified atom stereocenters. The van der Waals surface area contributed by atoms with Crippen LogP contribution in [0.15, 0.2) is 84.9 Å². The maximum atomic E-state index is 13.4. The minimum atomic E-state index is -0.429. The smallest absolute Gasteiger partial charge is 0.253 e. The van der Waals surface area contributed by atoms with Crippen LogP contribution in [0.25, 0.3) is 0 Å². The molecule has 5 heteroatoms. The molecule has 174 valence electrons. The molecule has 5 nitrogen and oxygen atoms in total. The van der Waals surface area contributed by atoms with Gasteiger partial charge in [-0.1, -0.05) is 61.4 Å². The summed E-state index contributed by atoms with van der Waals surface area (Å²) < 4.78 is 0. The number of piperazine rings is 1. The summed E-state index contributed by atoms with van der Waals surface area (Å²) in [7, 11) is 0. The SMILES string of the molecule is O=C(c1ccccc1)N1CCN(c2ccc(NC(=O)C3(c4ccccc4)CCCC3)cc2)CC1. The first-order chi connectivity index (χ1) is 16.7. The van der Waals surface area contributed by atoms with E-state index in [4.69, 9.17) is 0 Å².